The summed E-state index contributed by atoms with van der Waals surface area (Å²) in [5.41, 5.74) is 0. The molecule has 1 heterocycles. The van der Waals surface area contributed by atoms with Gasteiger partial charge in [-0.1, -0.05) is 12.6 Å². The molecule has 0 spiro atoms. The van der Waals surface area contributed by atoms with Crippen LogP contribution in [0.2, 0.25) is 0 Å². The molecule has 0 atom stereocenters. The SMILES string of the molecule is [S]CCC1SCCS1. The molecule has 0 aromatic heterocycles. The van der Waals surface area contributed by atoms with E-state index in [2.05, 4.69) is 23.5 Å². The standard InChI is InChI=1S/C5H9S3/c6-2-1-5-7-3-4-8-5/h5H,1-4H2. The van der Waals surface area contributed by atoms with Gasteiger partial charge in [0.1, 0.15) is 0 Å². The van der Waals surface area contributed by atoms with Crippen LogP contribution in [0.4, 0.5) is 0 Å². The Bertz CT molecular complexity index is 58.7. The van der Waals surface area contributed by atoms with Gasteiger partial charge in [0.25, 0.3) is 0 Å². The van der Waals surface area contributed by atoms with E-state index in [0.717, 1.165) is 10.3 Å². The van der Waals surface area contributed by atoms with E-state index in [1.807, 2.05) is 0 Å². The van der Waals surface area contributed by atoms with E-state index >= 15 is 0 Å². The van der Waals surface area contributed by atoms with Crippen LogP contribution in [0, 0.1) is 0 Å². The molecular formula is C5H9S3. The van der Waals surface area contributed by atoms with Gasteiger partial charge in [0, 0.05) is 17.3 Å². The first kappa shape index (κ1) is 7.16. The van der Waals surface area contributed by atoms with E-state index in [-0.39, 0.29) is 0 Å². The van der Waals surface area contributed by atoms with Gasteiger partial charge in [-0.05, 0) is 6.42 Å². The third-order valence-electron chi connectivity index (χ3n) is 1.04. The molecule has 1 aliphatic rings. The van der Waals surface area contributed by atoms with Crippen LogP contribution in [0.25, 0.3) is 0 Å². The monoisotopic (exact) mass is 165 g/mol. The van der Waals surface area contributed by atoms with E-state index in [0.29, 0.717) is 0 Å². The number of rotatable bonds is 2. The van der Waals surface area contributed by atoms with Crippen molar-refractivity contribution in [3.63, 3.8) is 0 Å². The lowest BCUT2D eigenvalue weighted by Crippen LogP contribution is -1.90. The van der Waals surface area contributed by atoms with Crippen LogP contribution in [-0.2, 0) is 0 Å². The van der Waals surface area contributed by atoms with Gasteiger partial charge in [-0.3, -0.25) is 0 Å². The van der Waals surface area contributed by atoms with Gasteiger partial charge in [0.05, 0.1) is 4.58 Å². The largest absolute Gasteiger partial charge is 0.147 e. The second kappa shape index (κ2) is 3.96. The summed E-state index contributed by atoms with van der Waals surface area (Å²) in [6.07, 6.45) is 1.23. The van der Waals surface area contributed by atoms with Crippen LogP contribution >= 0.6 is 36.2 Å². The molecule has 0 aromatic rings. The number of hydrogen-bond donors (Lipinski definition) is 0. The van der Waals surface area contributed by atoms with Gasteiger partial charge in [0.2, 0.25) is 0 Å². The number of thioether (sulfide) groups is 2. The van der Waals surface area contributed by atoms with Crippen LogP contribution in [-0.4, -0.2) is 21.8 Å². The zero-order valence-corrected chi connectivity index (χ0v) is 7.08. The van der Waals surface area contributed by atoms with Crippen molar-refractivity contribution in [2.24, 2.45) is 0 Å². The van der Waals surface area contributed by atoms with E-state index < -0.39 is 0 Å². The first-order valence-corrected chi connectivity index (χ1v) is 5.42. The molecule has 1 rings (SSSR count). The van der Waals surface area contributed by atoms with Crippen LogP contribution in [0.1, 0.15) is 6.42 Å². The highest BCUT2D eigenvalue weighted by molar-refractivity contribution is 8.20. The third kappa shape index (κ3) is 2.11. The molecule has 0 unspecified atom stereocenters. The van der Waals surface area contributed by atoms with Crippen LogP contribution in [0.5, 0.6) is 0 Å². The normalized spacial score (nSPS) is 22.1. The molecule has 3 heteroatoms. The first-order chi connectivity index (χ1) is 3.93. The summed E-state index contributed by atoms with van der Waals surface area (Å²) in [5, 5.41) is 0. The smallest absolute Gasteiger partial charge is 0.0511 e. The molecule has 0 amide bonds. The predicted molar refractivity (Wildman–Crippen MR) is 45.8 cm³/mol. The highest BCUT2D eigenvalue weighted by atomic mass is 32.2. The van der Waals surface area contributed by atoms with E-state index in [4.69, 9.17) is 12.6 Å². The van der Waals surface area contributed by atoms with Crippen molar-refractivity contribution in [3.05, 3.63) is 0 Å². The van der Waals surface area contributed by atoms with E-state index in [9.17, 15) is 0 Å². The van der Waals surface area contributed by atoms with Gasteiger partial charge >= 0.3 is 0 Å². The molecule has 1 fully saturated rings. The molecule has 8 heavy (non-hydrogen) atoms. The average molecular weight is 165 g/mol. The van der Waals surface area contributed by atoms with Crippen molar-refractivity contribution in [3.8, 4) is 0 Å². The Morgan fingerprint density at radius 2 is 2.00 bits per heavy atom. The summed E-state index contributed by atoms with van der Waals surface area (Å²) in [5.74, 6) is 3.61. The Hall–Kier alpha value is 1.05. The second-order valence-corrected chi connectivity index (χ2v) is 4.99. The van der Waals surface area contributed by atoms with E-state index in [1.165, 1.54) is 17.9 Å². The summed E-state index contributed by atoms with van der Waals surface area (Å²) in [7, 11) is 0. The summed E-state index contributed by atoms with van der Waals surface area (Å²) < 4.78 is 0.840. The Morgan fingerprint density at radius 3 is 2.50 bits per heavy atom. The lowest BCUT2D eigenvalue weighted by atomic mass is 10.6. The molecule has 0 aliphatic carbocycles. The van der Waals surface area contributed by atoms with Gasteiger partial charge < -0.3 is 0 Å². The van der Waals surface area contributed by atoms with Gasteiger partial charge in [-0.25, -0.2) is 0 Å². The molecule has 1 saturated heterocycles. The third-order valence-corrected chi connectivity index (χ3v) is 4.45. The second-order valence-electron chi connectivity index (χ2n) is 1.66. The maximum absolute atomic E-state index is 4.86. The van der Waals surface area contributed by atoms with Gasteiger partial charge in [0.15, 0.2) is 0 Å². The zero-order valence-electron chi connectivity index (χ0n) is 4.63. The molecule has 0 nitrogen and oxygen atoms in total. The zero-order chi connectivity index (χ0) is 5.82. The first-order valence-electron chi connectivity index (χ1n) is 2.75. The fraction of sp³-hybridized carbons (Fsp3) is 1.00. The topological polar surface area (TPSA) is 0 Å². The number of hydrogen-bond acceptors (Lipinski definition) is 2. The quantitative estimate of drug-likeness (QED) is 0.616. The van der Waals surface area contributed by atoms with Crippen molar-refractivity contribution in [2.45, 2.75) is 11.0 Å². The fourth-order valence-corrected chi connectivity index (χ4v) is 4.03. The summed E-state index contributed by atoms with van der Waals surface area (Å²) in [4.78, 5) is 0. The molecule has 0 aromatic carbocycles. The lowest BCUT2D eigenvalue weighted by Gasteiger charge is -2.01. The van der Waals surface area contributed by atoms with Crippen LogP contribution in [0.3, 0.4) is 0 Å². The minimum atomic E-state index is 0.840. The maximum Gasteiger partial charge on any atom is 0.0511 e. The van der Waals surface area contributed by atoms with Crippen molar-refractivity contribution in [2.75, 3.05) is 17.3 Å². The predicted octanol–water partition coefficient (Wildman–Crippen LogP) is 2.38. The Kier molecular flexibility index (Phi) is 3.55. The molecule has 1 radical (unpaired) electrons. The Labute approximate surface area is 64.6 Å². The Balaban J connectivity index is 2.06. The highest BCUT2D eigenvalue weighted by Gasteiger charge is 2.14. The molecule has 1 aliphatic heterocycles. The highest BCUT2D eigenvalue weighted by Crippen LogP contribution is 2.34. The van der Waals surface area contributed by atoms with Gasteiger partial charge in [-0.2, -0.15) is 0 Å². The summed E-state index contributed by atoms with van der Waals surface area (Å²) in [6, 6.07) is 0. The van der Waals surface area contributed by atoms with Gasteiger partial charge in [-0.15, -0.1) is 23.5 Å². The van der Waals surface area contributed by atoms with Crippen molar-refractivity contribution >= 4 is 36.2 Å². The van der Waals surface area contributed by atoms with Crippen LogP contribution in [0.15, 0.2) is 0 Å². The fourth-order valence-electron chi connectivity index (χ4n) is 0.670. The minimum absolute atomic E-state index is 0.840. The van der Waals surface area contributed by atoms with Crippen molar-refractivity contribution < 1.29 is 0 Å². The molecule has 0 N–H and O–H groups in total. The van der Waals surface area contributed by atoms with Crippen molar-refractivity contribution in [1.82, 2.24) is 0 Å². The molecule has 0 saturated carbocycles. The summed E-state index contributed by atoms with van der Waals surface area (Å²) in [6.45, 7) is 0. The lowest BCUT2D eigenvalue weighted by molar-refractivity contribution is 1.09. The Morgan fingerprint density at radius 1 is 1.38 bits per heavy atom. The average Bonchev–Trinajstić information content (AvgIpc) is 2.19. The maximum atomic E-state index is 4.86. The van der Waals surface area contributed by atoms with Crippen molar-refractivity contribution in [1.29, 1.82) is 0 Å². The minimum Gasteiger partial charge on any atom is -0.147 e. The summed E-state index contributed by atoms with van der Waals surface area (Å²) >= 11 is 8.99. The van der Waals surface area contributed by atoms with E-state index in [1.54, 1.807) is 0 Å². The molecular weight excluding hydrogens is 156 g/mol. The molecule has 47 valence electrons. The van der Waals surface area contributed by atoms with Crippen LogP contribution < -0.4 is 0 Å². The molecule has 0 bridgehead atoms.